The number of nitrogens with one attached hydrogen (secondary N) is 1. The molecule has 0 heterocycles. The summed E-state index contributed by atoms with van der Waals surface area (Å²) in [5.41, 5.74) is 5.90. The van der Waals surface area contributed by atoms with Crippen molar-refractivity contribution >= 4 is 50.6 Å². The van der Waals surface area contributed by atoms with Crippen molar-refractivity contribution in [1.82, 2.24) is 5.32 Å². The fourth-order valence-electron chi connectivity index (χ4n) is 1.33. The van der Waals surface area contributed by atoms with Gasteiger partial charge in [-0.2, -0.15) is 0 Å². The van der Waals surface area contributed by atoms with Crippen molar-refractivity contribution in [3.8, 4) is 0 Å². The first-order valence-corrected chi connectivity index (χ1v) is 6.52. The van der Waals surface area contributed by atoms with Crippen LogP contribution >= 0.6 is 39.7 Å². The smallest absolute Gasteiger partial charge is 0.252 e. The second-order valence-electron chi connectivity index (χ2n) is 3.67. The number of amides is 1. The number of hydrogen-bond donors (Lipinski definition) is 2. The number of nitrogens with two attached hydrogens (primary N) is 1. The predicted octanol–water partition coefficient (Wildman–Crippen LogP) is 2.90. The average molecular weight is 336 g/mol. The Bertz CT molecular complexity index is 453. The van der Waals surface area contributed by atoms with Crippen molar-refractivity contribution < 1.29 is 4.79 Å². The van der Waals surface area contributed by atoms with Crippen molar-refractivity contribution in [2.75, 3.05) is 0 Å². The Morgan fingerprint density at radius 2 is 2.29 bits per heavy atom. The van der Waals surface area contributed by atoms with Crippen LogP contribution < -0.4 is 11.1 Å². The SMILES string of the molecule is CC(CC(N)=S)NC(=O)c1cc(Cl)ccc1Br. The van der Waals surface area contributed by atoms with Crippen LogP contribution in [0.15, 0.2) is 22.7 Å². The van der Waals surface area contributed by atoms with Crippen molar-refractivity contribution in [2.45, 2.75) is 19.4 Å². The van der Waals surface area contributed by atoms with Crippen LogP contribution in [0.2, 0.25) is 5.02 Å². The summed E-state index contributed by atoms with van der Waals surface area (Å²) in [7, 11) is 0. The van der Waals surface area contributed by atoms with E-state index in [9.17, 15) is 4.79 Å². The van der Waals surface area contributed by atoms with E-state index in [1.165, 1.54) is 0 Å². The summed E-state index contributed by atoms with van der Waals surface area (Å²) in [5.74, 6) is -0.205. The normalized spacial score (nSPS) is 11.9. The molecular formula is C11H12BrClN2OS. The molecule has 0 aromatic heterocycles. The van der Waals surface area contributed by atoms with E-state index >= 15 is 0 Å². The maximum absolute atomic E-state index is 11.9. The Kier molecular flexibility index (Phi) is 5.36. The molecule has 92 valence electrons. The van der Waals surface area contributed by atoms with Gasteiger partial charge in [-0.15, -0.1) is 0 Å². The molecule has 0 fully saturated rings. The predicted molar refractivity (Wildman–Crippen MR) is 77.5 cm³/mol. The fraction of sp³-hybridized carbons (Fsp3) is 0.273. The Morgan fingerprint density at radius 1 is 1.65 bits per heavy atom. The molecule has 3 N–H and O–H groups in total. The van der Waals surface area contributed by atoms with Gasteiger partial charge in [0.15, 0.2) is 0 Å². The molecule has 0 spiro atoms. The van der Waals surface area contributed by atoms with Crippen LogP contribution in [-0.4, -0.2) is 16.9 Å². The quantitative estimate of drug-likeness (QED) is 0.832. The van der Waals surface area contributed by atoms with Gasteiger partial charge in [-0.05, 0) is 41.1 Å². The molecule has 0 saturated carbocycles. The van der Waals surface area contributed by atoms with Crippen LogP contribution in [0.3, 0.4) is 0 Å². The van der Waals surface area contributed by atoms with Gasteiger partial charge < -0.3 is 11.1 Å². The zero-order valence-electron chi connectivity index (χ0n) is 9.17. The Morgan fingerprint density at radius 3 is 2.88 bits per heavy atom. The first-order valence-electron chi connectivity index (χ1n) is 4.94. The van der Waals surface area contributed by atoms with E-state index in [1.54, 1.807) is 18.2 Å². The molecule has 1 unspecified atom stereocenters. The van der Waals surface area contributed by atoms with Gasteiger partial charge in [0.1, 0.15) is 0 Å². The standard InChI is InChI=1S/C11H12BrClN2OS/c1-6(4-10(14)17)15-11(16)8-5-7(13)2-3-9(8)12/h2-3,5-6H,4H2,1H3,(H2,14,17)(H,15,16). The number of rotatable bonds is 4. The monoisotopic (exact) mass is 334 g/mol. The van der Waals surface area contributed by atoms with Crippen molar-refractivity contribution in [3.05, 3.63) is 33.3 Å². The molecule has 0 radical (unpaired) electrons. The lowest BCUT2D eigenvalue weighted by Gasteiger charge is -2.13. The highest BCUT2D eigenvalue weighted by Crippen LogP contribution is 2.21. The van der Waals surface area contributed by atoms with Gasteiger partial charge in [0, 0.05) is 22.0 Å². The zero-order chi connectivity index (χ0) is 13.0. The number of hydrogen-bond acceptors (Lipinski definition) is 2. The number of thiocarbonyl (C=S) groups is 1. The first-order chi connectivity index (χ1) is 7.90. The number of carbonyl (C=O) groups excluding carboxylic acids is 1. The molecule has 0 saturated heterocycles. The lowest BCUT2D eigenvalue weighted by atomic mass is 10.2. The van der Waals surface area contributed by atoms with Gasteiger partial charge in [-0.1, -0.05) is 23.8 Å². The van der Waals surface area contributed by atoms with Crippen LogP contribution in [-0.2, 0) is 0 Å². The molecule has 0 bridgehead atoms. The molecule has 1 rings (SSSR count). The summed E-state index contributed by atoms with van der Waals surface area (Å²) in [4.78, 5) is 12.3. The zero-order valence-corrected chi connectivity index (χ0v) is 12.3. The Balaban J connectivity index is 2.76. The van der Waals surface area contributed by atoms with E-state index < -0.39 is 0 Å². The third kappa shape index (κ3) is 4.61. The molecule has 1 aromatic carbocycles. The van der Waals surface area contributed by atoms with Crippen molar-refractivity contribution in [2.24, 2.45) is 5.73 Å². The van der Waals surface area contributed by atoms with E-state index in [0.717, 1.165) is 0 Å². The average Bonchev–Trinajstić information content (AvgIpc) is 2.20. The minimum Gasteiger partial charge on any atom is -0.393 e. The molecule has 17 heavy (non-hydrogen) atoms. The van der Waals surface area contributed by atoms with Crippen LogP contribution in [0.1, 0.15) is 23.7 Å². The topological polar surface area (TPSA) is 55.1 Å². The van der Waals surface area contributed by atoms with Gasteiger partial charge in [-0.25, -0.2) is 0 Å². The highest BCUT2D eigenvalue weighted by Gasteiger charge is 2.13. The van der Waals surface area contributed by atoms with Gasteiger partial charge in [0.05, 0.1) is 10.6 Å². The van der Waals surface area contributed by atoms with E-state index in [0.29, 0.717) is 26.5 Å². The minimum absolute atomic E-state index is 0.106. The third-order valence-corrected chi connectivity index (χ3v) is 3.15. The summed E-state index contributed by atoms with van der Waals surface area (Å²) in [6, 6.07) is 4.94. The Labute approximate surface area is 119 Å². The van der Waals surface area contributed by atoms with E-state index in [1.807, 2.05) is 6.92 Å². The molecule has 1 amide bonds. The maximum atomic E-state index is 11.9. The molecule has 0 aliphatic heterocycles. The van der Waals surface area contributed by atoms with Crippen LogP contribution in [0.5, 0.6) is 0 Å². The number of halogens is 2. The van der Waals surface area contributed by atoms with E-state index in [2.05, 4.69) is 21.2 Å². The fourth-order valence-corrected chi connectivity index (χ4v) is 2.17. The van der Waals surface area contributed by atoms with Crippen LogP contribution in [0, 0.1) is 0 Å². The van der Waals surface area contributed by atoms with Crippen molar-refractivity contribution in [3.63, 3.8) is 0 Å². The molecule has 0 aliphatic rings. The van der Waals surface area contributed by atoms with Crippen LogP contribution in [0.4, 0.5) is 0 Å². The van der Waals surface area contributed by atoms with Gasteiger partial charge >= 0.3 is 0 Å². The maximum Gasteiger partial charge on any atom is 0.252 e. The lowest BCUT2D eigenvalue weighted by molar-refractivity contribution is 0.0940. The second kappa shape index (κ2) is 6.33. The highest BCUT2D eigenvalue weighted by atomic mass is 79.9. The summed E-state index contributed by atoms with van der Waals surface area (Å²) < 4.78 is 0.696. The molecule has 3 nitrogen and oxygen atoms in total. The van der Waals surface area contributed by atoms with Gasteiger partial charge in [0.2, 0.25) is 0 Å². The molecule has 1 aromatic rings. The van der Waals surface area contributed by atoms with Gasteiger partial charge in [-0.3, -0.25) is 4.79 Å². The third-order valence-electron chi connectivity index (χ3n) is 2.06. The molecule has 1 atom stereocenters. The van der Waals surface area contributed by atoms with Crippen LogP contribution in [0.25, 0.3) is 0 Å². The molecular weight excluding hydrogens is 324 g/mol. The highest BCUT2D eigenvalue weighted by molar-refractivity contribution is 9.10. The summed E-state index contributed by atoms with van der Waals surface area (Å²) in [6.45, 7) is 1.84. The van der Waals surface area contributed by atoms with Crippen molar-refractivity contribution in [1.29, 1.82) is 0 Å². The Hall–Kier alpha value is -0.650. The number of carbonyl (C=O) groups is 1. The number of benzene rings is 1. The van der Waals surface area contributed by atoms with E-state index in [4.69, 9.17) is 29.6 Å². The van der Waals surface area contributed by atoms with Gasteiger partial charge in [0.25, 0.3) is 5.91 Å². The largest absolute Gasteiger partial charge is 0.393 e. The first kappa shape index (κ1) is 14.4. The lowest BCUT2D eigenvalue weighted by Crippen LogP contribution is -2.35. The van der Waals surface area contributed by atoms with E-state index in [-0.39, 0.29) is 11.9 Å². The second-order valence-corrected chi connectivity index (χ2v) is 5.48. The minimum atomic E-state index is -0.205. The summed E-state index contributed by atoms with van der Waals surface area (Å²) in [5, 5.41) is 3.31. The summed E-state index contributed by atoms with van der Waals surface area (Å²) in [6.07, 6.45) is 0.471. The molecule has 6 heteroatoms. The summed E-state index contributed by atoms with van der Waals surface area (Å²) >= 11 is 13.9. The molecule has 0 aliphatic carbocycles.